The van der Waals surface area contributed by atoms with Gasteiger partial charge in [0, 0.05) is 44.2 Å². The van der Waals surface area contributed by atoms with Gasteiger partial charge in [0.05, 0.1) is 24.8 Å². The molecule has 9 heteroatoms. The van der Waals surface area contributed by atoms with Crippen molar-refractivity contribution in [2.75, 3.05) is 45.3 Å². The quantitative estimate of drug-likeness (QED) is 0.466. The number of nitrogens with zero attached hydrogens (tertiary/aromatic N) is 2. The Bertz CT molecular complexity index is 1430. The van der Waals surface area contributed by atoms with Crippen LogP contribution in [0, 0.1) is 11.8 Å². The van der Waals surface area contributed by atoms with E-state index in [1.807, 2.05) is 30.4 Å². The normalized spacial score (nSPS) is 31.7. The fraction of sp³-hybridized carbons (Fsp3) is 0.529. The minimum absolute atomic E-state index is 0.129. The van der Waals surface area contributed by atoms with Crippen molar-refractivity contribution in [3.63, 3.8) is 0 Å². The molecule has 2 aliphatic heterocycles. The molecule has 8 nitrogen and oxygen atoms in total. The van der Waals surface area contributed by atoms with Crippen LogP contribution in [-0.4, -0.2) is 73.5 Å². The van der Waals surface area contributed by atoms with Gasteiger partial charge in [-0.15, -0.1) is 0 Å². The first-order valence-corrected chi connectivity index (χ1v) is 15.7. The van der Waals surface area contributed by atoms with Gasteiger partial charge in [-0.3, -0.25) is 4.79 Å². The van der Waals surface area contributed by atoms with Gasteiger partial charge in [-0.25, -0.2) is 4.79 Å². The molecule has 4 aliphatic rings. The Labute approximate surface area is 258 Å². The van der Waals surface area contributed by atoms with Crippen molar-refractivity contribution in [1.29, 1.82) is 0 Å². The Kier molecular flexibility index (Phi) is 8.22. The van der Waals surface area contributed by atoms with E-state index in [1.165, 1.54) is 23.1 Å². The summed E-state index contributed by atoms with van der Waals surface area (Å²) in [5.41, 5.74) is 1.56. The number of carboxylic acid groups (broad SMARTS) is 1. The van der Waals surface area contributed by atoms with Gasteiger partial charge in [0.15, 0.2) is 5.60 Å². The van der Waals surface area contributed by atoms with E-state index in [1.54, 1.807) is 13.1 Å². The summed E-state index contributed by atoms with van der Waals surface area (Å²) in [6.45, 7) is 2.29. The maximum atomic E-state index is 13.3. The summed E-state index contributed by atoms with van der Waals surface area (Å²) in [4.78, 5) is 30.1. The largest absolute Gasteiger partial charge is 0.490 e. The number of carbonyl (C=O) groups is 2. The molecule has 0 radical (unpaired) electrons. The second kappa shape index (κ2) is 11.8. The molecule has 2 N–H and O–H groups in total. The van der Waals surface area contributed by atoms with Crippen molar-refractivity contribution >= 4 is 29.2 Å². The number of methoxy groups -OCH3 is 1. The van der Waals surface area contributed by atoms with E-state index < -0.39 is 17.7 Å². The minimum Gasteiger partial charge on any atom is -0.490 e. The lowest BCUT2D eigenvalue weighted by atomic mass is 9.68. The van der Waals surface area contributed by atoms with Crippen molar-refractivity contribution in [3.8, 4) is 5.75 Å². The number of halogens is 1. The molecule has 1 amide bonds. The van der Waals surface area contributed by atoms with Gasteiger partial charge < -0.3 is 29.5 Å². The number of aliphatic carboxylic acids is 1. The number of aliphatic hydroxyl groups is 1. The zero-order valence-electron chi connectivity index (χ0n) is 24.9. The SMILES string of the molecule is CO[C@]1(C(=O)O)CC(=O)N(C)CC/C=C/[C@H](O)[C@@H]2CC[C@H]2CN2C[C@@]3(CCCc4cc(Cl)ccc43)COc3ccc1cc32. The molecule has 0 aromatic heterocycles. The lowest BCUT2D eigenvalue weighted by Crippen LogP contribution is -2.49. The topological polar surface area (TPSA) is 99.5 Å². The molecule has 2 aliphatic carbocycles. The Balaban J connectivity index is 1.47. The van der Waals surface area contributed by atoms with E-state index >= 15 is 0 Å². The molecular formula is C34H41ClN2O6. The van der Waals surface area contributed by atoms with Crippen LogP contribution in [0.3, 0.4) is 0 Å². The molecule has 2 heterocycles. The molecule has 1 fully saturated rings. The highest BCUT2D eigenvalue weighted by atomic mass is 35.5. The first kappa shape index (κ1) is 30.0. The summed E-state index contributed by atoms with van der Waals surface area (Å²) >= 11 is 6.41. The van der Waals surface area contributed by atoms with Crippen LogP contribution in [0.25, 0.3) is 0 Å². The number of carboxylic acids is 1. The molecule has 0 saturated heterocycles. The number of aliphatic hydroxyl groups excluding tert-OH is 1. The van der Waals surface area contributed by atoms with Crippen LogP contribution in [0.15, 0.2) is 48.6 Å². The Morgan fingerprint density at radius 3 is 2.77 bits per heavy atom. The van der Waals surface area contributed by atoms with E-state index in [-0.39, 0.29) is 29.6 Å². The lowest BCUT2D eigenvalue weighted by molar-refractivity contribution is -0.169. The number of hydrogen-bond acceptors (Lipinski definition) is 6. The average Bonchev–Trinajstić information content (AvgIpc) is 3.12. The summed E-state index contributed by atoms with van der Waals surface area (Å²) in [6, 6.07) is 11.6. The summed E-state index contributed by atoms with van der Waals surface area (Å²) in [5.74, 6) is -0.467. The number of ether oxygens (including phenoxy) is 2. The highest BCUT2D eigenvalue weighted by molar-refractivity contribution is 6.30. The summed E-state index contributed by atoms with van der Waals surface area (Å²) < 4.78 is 12.3. The van der Waals surface area contributed by atoms with Crippen molar-refractivity contribution in [2.45, 2.75) is 62.1 Å². The van der Waals surface area contributed by atoms with Gasteiger partial charge >= 0.3 is 5.97 Å². The summed E-state index contributed by atoms with van der Waals surface area (Å²) in [6.07, 6.45) is 8.35. The molecule has 2 bridgehead atoms. The molecule has 0 unspecified atom stereocenters. The van der Waals surface area contributed by atoms with Crippen molar-refractivity contribution < 1.29 is 29.3 Å². The van der Waals surface area contributed by atoms with Crippen LogP contribution in [0.5, 0.6) is 5.75 Å². The van der Waals surface area contributed by atoms with E-state index in [9.17, 15) is 19.8 Å². The van der Waals surface area contributed by atoms with Gasteiger partial charge in [-0.2, -0.15) is 0 Å². The molecular weight excluding hydrogens is 568 g/mol. The third kappa shape index (κ3) is 5.42. The first-order valence-electron chi connectivity index (χ1n) is 15.3. The standard InChI is InChI=1S/C34H41ClN2O6/c1-36-15-4-3-7-29(38)26-11-8-23(26)19-37-20-33(14-5-6-22-16-25(35)10-12-27(22)33)21-43-30-13-9-24(17-28(30)37)34(42-2,32(40)41)18-31(36)39/h3,7,9-10,12-13,16-17,23,26,29,38H,4-6,8,11,14-15,18-21H2,1-2H3,(H,40,41)/b7-3+/t23-,26+,29-,33-,34+/m0/s1. The van der Waals surface area contributed by atoms with Crippen LogP contribution in [0.2, 0.25) is 5.02 Å². The molecule has 1 saturated carbocycles. The number of fused-ring (bicyclic) bond motifs is 4. The highest BCUT2D eigenvalue weighted by Crippen LogP contribution is 2.47. The molecule has 6 rings (SSSR count). The number of hydrogen-bond donors (Lipinski definition) is 2. The third-order valence-electron chi connectivity index (χ3n) is 10.4. The van der Waals surface area contributed by atoms with Gasteiger partial charge in [0.2, 0.25) is 5.91 Å². The predicted molar refractivity (Wildman–Crippen MR) is 165 cm³/mol. The molecule has 230 valence electrons. The van der Waals surface area contributed by atoms with Crippen molar-refractivity contribution in [2.24, 2.45) is 11.8 Å². The Morgan fingerprint density at radius 1 is 1.19 bits per heavy atom. The number of benzene rings is 2. The molecule has 43 heavy (non-hydrogen) atoms. The van der Waals surface area contributed by atoms with E-state index in [4.69, 9.17) is 21.1 Å². The molecule has 2 aromatic rings. The van der Waals surface area contributed by atoms with Crippen LogP contribution in [0.4, 0.5) is 5.69 Å². The number of rotatable bonds is 2. The van der Waals surface area contributed by atoms with E-state index in [2.05, 4.69) is 17.0 Å². The van der Waals surface area contributed by atoms with Gasteiger partial charge in [-0.1, -0.05) is 35.9 Å². The molecule has 1 spiro atoms. The zero-order chi connectivity index (χ0) is 30.4. The smallest absolute Gasteiger partial charge is 0.341 e. The average molecular weight is 609 g/mol. The number of aryl methyl sites for hydroxylation is 1. The fourth-order valence-electron chi connectivity index (χ4n) is 7.62. The molecule has 2 aromatic carbocycles. The van der Waals surface area contributed by atoms with Crippen molar-refractivity contribution in [1.82, 2.24) is 4.90 Å². The maximum absolute atomic E-state index is 13.3. The van der Waals surface area contributed by atoms with Gasteiger partial charge in [0.25, 0.3) is 0 Å². The predicted octanol–water partition coefficient (Wildman–Crippen LogP) is 4.93. The minimum atomic E-state index is -1.85. The van der Waals surface area contributed by atoms with Gasteiger partial charge in [0.1, 0.15) is 5.75 Å². The number of amides is 1. The highest BCUT2D eigenvalue weighted by Gasteiger charge is 2.47. The second-order valence-corrected chi connectivity index (χ2v) is 13.3. The van der Waals surface area contributed by atoms with Crippen LogP contribution >= 0.6 is 11.6 Å². The number of carbonyl (C=O) groups excluding carboxylic acids is 1. The Hall–Kier alpha value is -3.07. The number of anilines is 1. The third-order valence-corrected chi connectivity index (χ3v) is 10.6. The zero-order valence-corrected chi connectivity index (χ0v) is 25.7. The van der Waals surface area contributed by atoms with Crippen LogP contribution in [0.1, 0.15) is 55.2 Å². The van der Waals surface area contributed by atoms with E-state index in [0.29, 0.717) is 44.0 Å². The van der Waals surface area contributed by atoms with Crippen LogP contribution in [-0.2, 0) is 31.8 Å². The second-order valence-electron chi connectivity index (χ2n) is 12.8. The monoisotopic (exact) mass is 608 g/mol. The maximum Gasteiger partial charge on any atom is 0.341 e. The van der Waals surface area contributed by atoms with Gasteiger partial charge in [-0.05, 0) is 91.3 Å². The van der Waals surface area contributed by atoms with Crippen LogP contribution < -0.4 is 9.64 Å². The van der Waals surface area contributed by atoms with Crippen molar-refractivity contribution in [3.05, 3.63) is 70.3 Å². The first-order chi connectivity index (χ1) is 20.7. The Morgan fingerprint density at radius 2 is 2.02 bits per heavy atom. The summed E-state index contributed by atoms with van der Waals surface area (Å²) in [7, 11) is 3.02. The lowest BCUT2D eigenvalue weighted by Gasteiger charge is -2.45. The fourth-order valence-corrected chi connectivity index (χ4v) is 7.81. The van der Waals surface area contributed by atoms with E-state index in [0.717, 1.165) is 42.8 Å². The summed E-state index contributed by atoms with van der Waals surface area (Å²) in [5, 5.41) is 22.3. The molecule has 5 atom stereocenters.